The van der Waals surface area contributed by atoms with Crippen molar-refractivity contribution in [3.8, 4) is 6.07 Å². The fourth-order valence-corrected chi connectivity index (χ4v) is 2.26. The number of hydrogen-bond donors (Lipinski definition) is 1. The summed E-state index contributed by atoms with van der Waals surface area (Å²) in [5.41, 5.74) is 6.87. The molecule has 0 radical (unpaired) electrons. The van der Waals surface area contributed by atoms with Crippen molar-refractivity contribution < 1.29 is 0 Å². The number of hydrogen-bond acceptors (Lipinski definition) is 4. The third kappa shape index (κ3) is 1.76. The fourth-order valence-electron chi connectivity index (χ4n) is 1.22. The molecule has 0 atom stereocenters. The molecule has 3 nitrogen and oxygen atoms in total. The highest BCUT2D eigenvalue weighted by Crippen LogP contribution is 2.32. The largest absolute Gasteiger partial charge is 0.397 e. The Kier molecular flexibility index (Phi) is 3.15. The molecule has 0 saturated heterocycles. The third-order valence-corrected chi connectivity index (χ3v) is 3.02. The molecular formula is C9H13N3S. The van der Waals surface area contributed by atoms with Crippen molar-refractivity contribution in [2.45, 2.75) is 13.8 Å². The number of thiophene rings is 1. The Bertz CT molecular complexity index is 320. The molecule has 0 saturated carbocycles. The maximum absolute atomic E-state index is 8.88. The first-order chi connectivity index (χ1) is 6.24. The molecule has 4 heteroatoms. The number of nitriles is 1. The monoisotopic (exact) mass is 195 g/mol. The van der Waals surface area contributed by atoms with E-state index >= 15 is 0 Å². The predicted octanol–water partition coefficient (Wildman–Crippen LogP) is 2.05. The second-order valence-corrected chi connectivity index (χ2v) is 3.51. The molecule has 0 fully saturated rings. The van der Waals surface area contributed by atoms with Gasteiger partial charge in [0.2, 0.25) is 0 Å². The van der Waals surface area contributed by atoms with Crippen LogP contribution in [0.5, 0.6) is 0 Å². The van der Waals surface area contributed by atoms with E-state index in [2.05, 4.69) is 24.8 Å². The Labute approximate surface area is 82.4 Å². The molecule has 0 spiro atoms. The molecule has 0 aliphatic heterocycles. The van der Waals surface area contributed by atoms with Gasteiger partial charge in [0.15, 0.2) is 0 Å². The Morgan fingerprint density at radius 1 is 1.54 bits per heavy atom. The van der Waals surface area contributed by atoms with Crippen LogP contribution in [0.2, 0.25) is 0 Å². The van der Waals surface area contributed by atoms with Crippen molar-refractivity contribution in [2.24, 2.45) is 0 Å². The average molecular weight is 195 g/mol. The van der Waals surface area contributed by atoms with Gasteiger partial charge < -0.3 is 10.6 Å². The highest BCUT2D eigenvalue weighted by molar-refractivity contribution is 7.15. The van der Waals surface area contributed by atoms with E-state index in [9.17, 15) is 0 Å². The molecule has 0 bridgehead atoms. The molecule has 13 heavy (non-hydrogen) atoms. The zero-order chi connectivity index (χ0) is 9.84. The summed E-state index contributed by atoms with van der Waals surface area (Å²) in [6.45, 7) is 5.96. The van der Waals surface area contributed by atoms with Crippen LogP contribution in [0, 0.1) is 11.3 Å². The summed E-state index contributed by atoms with van der Waals surface area (Å²) < 4.78 is 0. The zero-order valence-corrected chi connectivity index (χ0v) is 8.69. The first-order valence-corrected chi connectivity index (χ1v) is 5.14. The van der Waals surface area contributed by atoms with E-state index in [-0.39, 0.29) is 0 Å². The lowest BCUT2D eigenvalue weighted by atomic mass is 10.3. The summed E-state index contributed by atoms with van der Waals surface area (Å²) in [6, 6.07) is 2.14. The molecule has 1 rings (SSSR count). The van der Waals surface area contributed by atoms with Crippen LogP contribution in [-0.4, -0.2) is 13.1 Å². The lowest BCUT2D eigenvalue weighted by Crippen LogP contribution is -2.21. The summed E-state index contributed by atoms with van der Waals surface area (Å²) in [5.74, 6) is 0. The van der Waals surface area contributed by atoms with Gasteiger partial charge in [0.05, 0.1) is 5.69 Å². The zero-order valence-electron chi connectivity index (χ0n) is 7.87. The van der Waals surface area contributed by atoms with Crippen LogP contribution in [0.15, 0.2) is 5.38 Å². The van der Waals surface area contributed by atoms with E-state index < -0.39 is 0 Å². The minimum absolute atomic E-state index is 0.592. The highest BCUT2D eigenvalue weighted by atomic mass is 32.1. The van der Waals surface area contributed by atoms with Gasteiger partial charge >= 0.3 is 0 Å². The molecule has 1 heterocycles. The van der Waals surface area contributed by atoms with Gasteiger partial charge in [0.1, 0.15) is 16.6 Å². The number of nitrogen functional groups attached to an aromatic ring is 1. The summed E-state index contributed by atoms with van der Waals surface area (Å²) in [7, 11) is 0. The lowest BCUT2D eigenvalue weighted by Gasteiger charge is -2.18. The number of rotatable bonds is 3. The van der Waals surface area contributed by atoms with Gasteiger partial charge in [-0.05, 0) is 13.8 Å². The maximum atomic E-state index is 8.88. The van der Waals surface area contributed by atoms with Crippen molar-refractivity contribution in [3.05, 3.63) is 10.9 Å². The summed E-state index contributed by atoms with van der Waals surface area (Å²) in [6.07, 6.45) is 0. The number of anilines is 2. The van der Waals surface area contributed by atoms with Crippen LogP contribution in [0.25, 0.3) is 0 Å². The van der Waals surface area contributed by atoms with Crippen molar-refractivity contribution in [1.29, 1.82) is 5.26 Å². The van der Waals surface area contributed by atoms with Crippen molar-refractivity contribution in [2.75, 3.05) is 23.7 Å². The van der Waals surface area contributed by atoms with Gasteiger partial charge in [-0.1, -0.05) is 0 Å². The van der Waals surface area contributed by atoms with Gasteiger partial charge in [-0.3, -0.25) is 0 Å². The van der Waals surface area contributed by atoms with E-state index in [4.69, 9.17) is 11.0 Å². The molecule has 2 N–H and O–H groups in total. The smallest absolute Gasteiger partial charge is 0.111 e. The molecular weight excluding hydrogens is 182 g/mol. The molecule has 1 aromatic rings. The number of nitrogens with zero attached hydrogens (tertiary/aromatic N) is 2. The quantitative estimate of drug-likeness (QED) is 0.803. The van der Waals surface area contributed by atoms with Crippen LogP contribution in [-0.2, 0) is 0 Å². The van der Waals surface area contributed by atoms with E-state index in [1.54, 1.807) is 0 Å². The second-order valence-electron chi connectivity index (χ2n) is 2.66. The van der Waals surface area contributed by atoms with Gasteiger partial charge in [0.25, 0.3) is 0 Å². The summed E-state index contributed by atoms with van der Waals surface area (Å²) in [4.78, 5) is 2.14. The Morgan fingerprint density at radius 3 is 2.62 bits per heavy atom. The summed E-state index contributed by atoms with van der Waals surface area (Å²) >= 11 is 1.54. The topological polar surface area (TPSA) is 53.0 Å². The molecule has 0 unspecified atom stereocenters. The Morgan fingerprint density at radius 2 is 2.15 bits per heavy atom. The average Bonchev–Trinajstić information content (AvgIpc) is 2.50. The SMILES string of the molecule is CCN(CC)c1scc(N)c1C#N. The Balaban J connectivity index is 3.07. The first-order valence-electron chi connectivity index (χ1n) is 4.26. The lowest BCUT2D eigenvalue weighted by molar-refractivity contribution is 0.875. The van der Waals surface area contributed by atoms with Crippen LogP contribution >= 0.6 is 11.3 Å². The summed E-state index contributed by atoms with van der Waals surface area (Å²) in [5, 5.41) is 11.7. The van der Waals surface area contributed by atoms with E-state index in [1.807, 2.05) is 5.38 Å². The molecule has 0 aromatic carbocycles. The number of nitrogens with two attached hydrogens (primary N) is 1. The standard InChI is InChI=1S/C9H13N3S/c1-3-12(4-2)9-7(5-10)8(11)6-13-9/h6H,3-4,11H2,1-2H3. The van der Waals surface area contributed by atoms with Crippen molar-refractivity contribution in [3.63, 3.8) is 0 Å². The van der Waals surface area contributed by atoms with Crippen molar-refractivity contribution >= 4 is 22.0 Å². The second kappa shape index (κ2) is 4.15. The van der Waals surface area contributed by atoms with E-state index in [0.29, 0.717) is 11.3 Å². The molecule has 0 aliphatic carbocycles. The van der Waals surface area contributed by atoms with Gasteiger partial charge in [-0.25, -0.2) is 0 Å². The molecule has 1 aromatic heterocycles. The fraction of sp³-hybridized carbons (Fsp3) is 0.444. The van der Waals surface area contributed by atoms with Crippen LogP contribution < -0.4 is 10.6 Å². The van der Waals surface area contributed by atoms with Crippen LogP contribution in [0.3, 0.4) is 0 Å². The first kappa shape index (κ1) is 9.87. The van der Waals surface area contributed by atoms with Crippen LogP contribution in [0.4, 0.5) is 10.7 Å². The molecule has 0 aliphatic rings. The van der Waals surface area contributed by atoms with Gasteiger partial charge in [-0.2, -0.15) is 5.26 Å². The Hall–Kier alpha value is -1.21. The van der Waals surface area contributed by atoms with Gasteiger partial charge in [-0.15, -0.1) is 11.3 Å². The minimum atomic E-state index is 0.592. The third-order valence-electron chi connectivity index (χ3n) is 1.96. The molecule has 0 amide bonds. The minimum Gasteiger partial charge on any atom is -0.397 e. The highest BCUT2D eigenvalue weighted by Gasteiger charge is 2.12. The normalized spacial score (nSPS) is 9.62. The van der Waals surface area contributed by atoms with E-state index in [0.717, 1.165) is 18.1 Å². The van der Waals surface area contributed by atoms with E-state index in [1.165, 1.54) is 11.3 Å². The van der Waals surface area contributed by atoms with Gasteiger partial charge in [0, 0.05) is 18.5 Å². The maximum Gasteiger partial charge on any atom is 0.111 e. The predicted molar refractivity (Wildman–Crippen MR) is 57.0 cm³/mol. The molecule has 70 valence electrons. The van der Waals surface area contributed by atoms with Crippen molar-refractivity contribution in [1.82, 2.24) is 0 Å². The van der Waals surface area contributed by atoms with Crippen LogP contribution in [0.1, 0.15) is 19.4 Å².